The molecule has 1 saturated carbocycles. The van der Waals surface area contributed by atoms with Crippen LogP contribution in [-0.2, 0) is 4.79 Å². The van der Waals surface area contributed by atoms with E-state index in [1.165, 1.54) is 17.8 Å². The van der Waals surface area contributed by atoms with E-state index in [0.29, 0.717) is 17.3 Å². The van der Waals surface area contributed by atoms with Crippen LogP contribution in [0, 0.1) is 17.2 Å². The van der Waals surface area contributed by atoms with Gasteiger partial charge in [0.15, 0.2) is 0 Å². The molecule has 3 aromatic rings. The van der Waals surface area contributed by atoms with Gasteiger partial charge in [0.25, 0.3) is 0 Å². The largest absolute Gasteiger partial charge is 0.481 e. The molecule has 0 atom stereocenters. The van der Waals surface area contributed by atoms with Gasteiger partial charge in [0.1, 0.15) is 11.8 Å². The molecular weight excluding hydrogens is 424 g/mol. The molecule has 1 aliphatic carbocycles. The molecule has 4 rings (SSSR count). The second-order valence-electron chi connectivity index (χ2n) is 7.97. The number of hydrogen-bond acceptors (Lipinski definition) is 8. The van der Waals surface area contributed by atoms with E-state index in [4.69, 9.17) is 14.8 Å². The molecule has 2 heterocycles. The van der Waals surface area contributed by atoms with E-state index in [9.17, 15) is 9.59 Å². The fourth-order valence-electron chi connectivity index (χ4n) is 3.99. The number of carbonyl (C=O) groups is 2. The van der Waals surface area contributed by atoms with Crippen molar-refractivity contribution in [3.05, 3.63) is 59.7 Å². The summed E-state index contributed by atoms with van der Waals surface area (Å²) in [6, 6.07) is 12.8. The molecule has 0 unspecified atom stereocenters. The van der Waals surface area contributed by atoms with Gasteiger partial charge in [-0.3, -0.25) is 9.59 Å². The summed E-state index contributed by atoms with van der Waals surface area (Å²) in [5, 5.41) is 30.9. The Bertz CT molecular complexity index is 1160. The van der Waals surface area contributed by atoms with Gasteiger partial charge in [-0.25, -0.2) is 4.98 Å². The molecule has 0 aliphatic heterocycles. The van der Waals surface area contributed by atoms with E-state index in [0.717, 1.165) is 25.7 Å². The fraction of sp³-hybridized carbons (Fsp3) is 0.304. The van der Waals surface area contributed by atoms with Gasteiger partial charge < -0.3 is 20.2 Å². The lowest BCUT2D eigenvalue weighted by Crippen LogP contribution is -2.16. The predicted molar refractivity (Wildman–Crippen MR) is 118 cm³/mol. The first-order valence-corrected chi connectivity index (χ1v) is 10.6. The molecule has 33 heavy (non-hydrogen) atoms. The molecular formula is C23H22N6O4. The predicted octanol–water partition coefficient (Wildman–Crippen LogP) is 4.08. The maximum atomic E-state index is 12.4. The second kappa shape index (κ2) is 9.91. The number of carboxylic acids is 1. The maximum Gasteiger partial charge on any atom is 0.320 e. The molecule has 1 aliphatic rings. The highest BCUT2D eigenvalue weighted by Gasteiger charge is 2.24. The normalized spacial score (nSPS) is 17.7. The van der Waals surface area contributed by atoms with Gasteiger partial charge in [-0.1, -0.05) is 17.2 Å². The lowest BCUT2D eigenvalue weighted by molar-refractivity contribution is -0.138. The number of nitriles is 1. The van der Waals surface area contributed by atoms with Crippen LogP contribution in [0.15, 0.2) is 47.0 Å². The van der Waals surface area contributed by atoms with Gasteiger partial charge in [0.2, 0.25) is 0 Å². The van der Waals surface area contributed by atoms with E-state index < -0.39 is 11.9 Å². The van der Waals surface area contributed by atoms with Crippen LogP contribution in [0.4, 0.5) is 17.4 Å². The summed E-state index contributed by atoms with van der Waals surface area (Å²) in [6.45, 7) is 0. The number of nitrogens with one attached hydrogen (secondary N) is 2. The summed E-state index contributed by atoms with van der Waals surface area (Å²) in [5.41, 5.74) is 2.61. The second-order valence-corrected chi connectivity index (χ2v) is 7.97. The molecule has 168 valence electrons. The number of aromatic nitrogens is 3. The Balaban J connectivity index is 1.31. The molecule has 1 aromatic carbocycles. The lowest BCUT2D eigenvalue weighted by Gasteiger charge is -2.28. The maximum absolute atomic E-state index is 12.4. The number of amides is 1. The standard InChI is InChI=1S/C23H22N6O4/c24-12-18-9-10-19(13-25-18)27-23-29-28-22(33-23)21(32)26-17-7-5-16(6-8-17)15-3-1-14(2-4-15)11-20(30)31/h5-10,13-15H,1-4,11H2,(H,26,32)(H,27,29)(H,30,31)/t14-,15-. The van der Waals surface area contributed by atoms with Crippen molar-refractivity contribution in [3.8, 4) is 6.07 Å². The Kier molecular flexibility index (Phi) is 6.59. The minimum absolute atomic E-state index is 0.0282. The first kappa shape index (κ1) is 22.0. The van der Waals surface area contributed by atoms with E-state index in [2.05, 4.69) is 25.8 Å². The molecule has 1 fully saturated rings. The van der Waals surface area contributed by atoms with Gasteiger partial charge in [-0.15, -0.1) is 5.10 Å². The average molecular weight is 446 g/mol. The Morgan fingerprint density at radius 2 is 1.79 bits per heavy atom. The van der Waals surface area contributed by atoms with E-state index in [-0.39, 0.29) is 29.9 Å². The summed E-state index contributed by atoms with van der Waals surface area (Å²) in [4.78, 5) is 27.3. The highest BCUT2D eigenvalue weighted by Crippen LogP contribution is 2.37. The first-order chi connectivity index (χ1) is 16.0. The van der Waals surface area contributed by atoms with Crippen molar-refractivity contribution >= 4 is 29.3 Å². The SMILES string of the molecule is N#Cc1ccc(Nc2nnc(C(=O)Nc3ccc([C@H]4CC[C@H](CC(=O)O)CC4)cc3)o2)cn1. The quantitative estimate of drug-likeness (QED) is 0.487. The zero-order chi connectivity index (χ0) is 23.2. The minimum Gasteiger partial charge on any atom is -0.481 e. The van der Waals surface area contributed by atoms with Crippen molar-refractivity contribution in [2.45, 2.75) is 38.0 Å². The van der Waals surface area contributed by atoms with Crippen molar-refractivity contribution in [2.24, 2.45) is 5.92 Å². The van der Waals surface area contributed by atoms with Crippen molar-refractivity contribution in [2.75, 3.05) is 10.6 Å². The number of carboxylic acid groups (broad SMARTS) is 1. The zero-order valence-corrected chi connectivity index (χ0v) is 17.7. The summed E-state index contributed by atoms with van der Waals surface area (Å²) >= 11 is 0. The van der Waals surface area contributed by atoms with Gasteiger partial charge in [0, 0.05) is 12.1 Å². The zero-order valence-electron chi connectivity index (χ0n) is 17.7. The van der Waals surface area contributed by atoms with Crippen LogP contribution >= 0.6 is 0 Å². The summed E-state index contributed by atoms with van der Waals surface area (Å²) in [5.74, 6) is -0.787. The van der Waals surface area contributed by atoms with E-state index in [1.54, 1.807) is 6.07 Å². The monoisotopic (exact) mass is 446 g/mol. The van der Waals surface area contributed by atoms with E-state index in [1.807, 2.05) is 30.3 Å². The van der Waals surface area contributed by atoms with Crippen molar-refractivity contribution in [1.82, 2.24) is 15.2 Å². The number of hydrogen-bond donors (Lipinski definition) is 3. The topological polar surface area (TPSA) is 154 Å². The van der Waals surface area contributed by atoms with Crippen molar-refractivity contribution in [3.63, 3.8) is 0 Å². The molecule has 0 spiro atoms. The summed E-state index contributed by atoms with van der Waals surface area (Å²) in [7, 11) is 0. The average Bonchev–Trinajstić information content (AvgIpc) is 3.29. The molecule has 1 amide bonds. The van der Waals surface area contributed by atoms with Gasteiger partial charge >= 0.3 is 23.8 Å². The number of carbonyl (C=O) groups excluding carboxylic acids is 1. The summed E-state index contributed by atoms with van der Waals surface area (Å²) < 4.78 is 5.35. The lowest BCUT2D eigenvalue weighted by atomic mass is 9.77. The third-order valence-corrected chi connectivity index (χ3v) is 5.70. The fourth-order valence-corrected chi connectivity index (χ4v) is 3.99. The van der Waals surface area contributed by atoms with Crippen LogP contribution in [0.3, 0.4) is 0 Å². The molecule has 10 nitrogen and oxygen atoms in total. The third kappa shape index (κ3) is 5.71. The molecule has 0 bridgehead atoms. The molecule has 0 saturated heterocycles. The van der Waals surface area contributed by atoms with Crippen LogP contribution in [-0.4, -0.2) is 32.2 Å². The van der Waals surface area contributed by atoms with Crippen LogP contribution < -0.4 is 10.6 Å². The number of rotatable bonds is 7. The number of anilines is 3. The number of pyridine rings is 1. The molecule has 0 radical (unpaired) electrons. The Morgan fingerprint density at radius 3 is 2.42 bits per heavy atom. The number of nitrogens with zero attached hydrogens (tertiary/aromatic N) is 4. The minimum atomic E-state index is -0.728. The molecule has 10 heteroatoms. The highest BCUT2D eigenvalue weighted by atomic mass is 16.4. The van der Waals surface area contributed by atoms with Crippen molar-refractivity contribution in [1.29, 1.82) is 5.26 Å². The number of aliphatic carboxylic acids is 1. The van der Waals surface area contributed by atoms with Crippen LogP contribution in [0.5, 0.6) is 0 Å². The Hall–Kier alpha value is -4.26. The smallest absolute Gasteiger partial charge is 0.320 e. The van der Waals surface area contributed by atoms with E-state index >= 15 is 0 Å². The Labute approximate surface area is 189 Å². The van der Waals surface area contributed by atoms with Gasteiger partial charge in [-0.2, -0.15) is 5.26 Å². The number of benzene rings is 1. The Morgan fingerprint density at radius 1 is 1.06 bits per heavy atom. The molecule has 2 aromatic heterocycles. The molecule has 3 N–H and O–H groups in total. The van der Waals surface area contributed by atoms with Gasteiger partial charge in [-0.05, 0) is 67.3 Å². The van der Waals surface area contributed by atoms with Crippen LogP contribution in [0.1, 0.15) is 60.0 Å². The van der Waals surface area contributed by atoms with Crippen molar-refractivity contribution < 1.29 is 19.1 Å². The third-order valence-electron chi connectivity index (χ3n) is 5.70. The summed E-state index contributed by atoms with van der Waals surface area (Å²) in [6.07, 6.45) is 5.47. The first-order valence-electron chi connectivity index (χ1n) is 10.6. The van der Waals surface area contributed by atoms with Crippen LogP contribution in [0.25, 0.3) is 0 Å². The highest BCUT2D eigenvalue weighted by molar-refractivity contribution is 6.00. The van der Waals surface area contributed by atoms with Gasteiger partial charge in [0.05, 0.1) is 11.9 Å². The van der Waals surface area contributed by atoms with Crippen LogP contribution in [0.2, 0.25) is 0 Å².